The lowest BCUT2D eigenvalue weighted by atomic mass is 10.2. The van der Waals surface area contributed by atoms with Gasteiger partial charge in [-0.1, -0.05) is 11.3 Å². The Bertz CT molecular complexity index is 840. The number of fused-ring (bicyclic) bond motifs is 1. The lowest BCUT2D eigenvalue weighted by molar-refractivity contribution is 0.0636. The minimum atomic E-state index is -0.548. The molecule has 3 aromatic heterocycles. The quantitative estimate of drug-likeness (QED) is 0.766. The lowest BCUT2D eigenvalue weighted by Gasteiger charge is -2.18. The molecule has 7 heteroatoms. The van der Waals surface area contributed by atoms with Gasteiger partial charge < -0.3 is 4.74 Å². The van der Waals surface area contributed by atoms with E-state index in [-0.39, 0.29) is 0 Å². The Morgan fingerprint density at radius 1 is 1.13 bits per heavy atom. The topological polar surface area (TPSA) is 77.0 Å². The molecule has 0 radical (unpaired) electrons. The molecule has 0 spiro atoms. The largest absolute Gasteiger partial charge is 0.444 e. The first-order chi connectivity index (χ1) is 10.9. The van der Waals surface area contributed by atoms with Crippen molar-refractivity contribution < 1.29 is 9.53 Å². The van der Waals surface area contributed by atoms with Gasteiger partial charge >= 0.3 is 6.09 Å². The fourth-order valence-electron chi connectivity index (χ4n) is 1.94. The van der Waals surface area contributed by atoms with Crippen LogP contribution < -0.4 is 5.32 Å². The molecule has 0 aliphatic carbocycles. The van der Waals surface area contributed by atoms with Gasteiger partial charge in [-0.2, -0.15) is 0 Å². The number of pyridine rings is 2. The number of aromatic nitrogens is 3. The monoisotopic (exact) mass is 328 g/mol. The molecule has 118 valence electrons. The molecule has 3 heterocycles. The molecule has 3 aromatic rings. The summed E-state index contributed by atoms with van der Waals surface area (Å²) in [5.41, 5.74) is 2.01. The number of carbonyl (C=O) groups excluding carboxylic acids is 1. The minimum absolute atomic E-state index is 0.466. The van der Waals surface area contributed by atoms with Crippen molar-refractivity contribution in [3.05, 3.63) is 36.7 Å². The number of ether oxygens (including phenoxy) is 1. The Labute approximate surface area is 137 Å². The zero-order valence-electron chi connectivity index (χ0n) is 13.0. The van der Waals surface area contributed by atoms with Crippen LogP contribution >= 0.6 is 11.3 Å². The van der Waals surface area contributed by atoms with E-state index in [1.54, 1.807) is 12.4 Å². The van der Waals surface area contributed by atoms with Gasteiger partial charge in [-0.25, -0.2) is 14.8 Å². The van der Waals surface area contributed by atoms with Gasteiger partial charge in [0.05, 0.1) is 5.69 Å². The highest BCUT2D eigenvalue weighted by Gasteiger charge is 2.17. The van der Waals surface area contributed by atoms with E-state index >= 15 is 0 Å². The van der Waals surface area contributed by atoms with Crippen LogP contribution in [0.4, 0.5) is 9.93 Å². The van der Waals surface area contributed by atoms with Crippen LogP contribution in [-0.2, 0) is 4.74 Å². The highest BCUT2D eigenvalue weighted by molar-refractivity contribution is 7.21. The molecule has 1 amide bonds. The van der Waals surface area contributed by atoms with Gasteiger partial charge in [-0.05, 0) is 45.0 Å². The van der Waals surface area contributed by atoms with Crippen LogP contribution in [0.2, 0.25) is 0 Å². The Balaban J connectivity index is 1.84. The van der Waals surface area contributed by atoms with Crippen LogP contribution in [0.25, 0.3) is 21.6 Å². The normalized spacial score (nSPS) is 11.4. The van der Waals surface area contributed by atoms with E-state index in [9.17, 15) is 4.79 Å². The average Bonchev–Trinajstić information content (AvgIpc) is 2.87. The van der Waals surface area contributed by atoms with Gasteiger partial charge in [0.15, 0.2) is 5.13 Å². The second kappa shape index (κ2) is 5.92. The number of nitrogens with zero attached hydrogens (tertiary/aromatic N) is 3. The summed E-state index contributed by atoms with van der Waals surface area (Å²) in [5, 5.41) is 3.11. The number of rotatable bonds is 2. The van der Waals surface area contributed by atoms with Crippen LogP contribution in [0.3, 0.4) is 0 Å². The Morgan fingerprint density at radius 3 is 2.57 bits per heavy atom. The molecule has 0 saturated carbocycles. The minimum Gasteiger partial charge on any atom is -0.444 e. The van der Waals surface area contributed by atoms with Gasteiger partial charge in [-0.15, -0.1) is 0 Å². The predicted molar refractivity (Wildman–Crippen MR) is 90.5 cm³/mol. The SMILES string of the molecule is CC(C)(C)OC(=O)Nc1nc2ccc(-c3ccncc3)nc2s1. The second-order valence-electron chi connectivity index (χ2n) is 5.90. The number of hydrogen-bond donors (Lipinski definition) is 1. The number of amides is 1. The van der Waals surface area contributed by atoms with Gasteiger partial charge in [0.1, 0.15) is 15.9 Å². The fraction of sp³-hybridized carbons (Fsp3) is 0.250. The van der Waals surface area contributed by atoms with Crippen LogP contribution in [0, 0.1) is 0 Å². The van der Waals surface area contributed by atoms with Crippen molar-refractivity contribution in [1.82, 2.24) is 15.0 Å². The molecule has 3 rings (SSSR count). The summed E-state index contributed by atoms with van der Waals surface area (Å²) in [6.07, 6.45) is 2.93. The molecule has 0 atom stereocenters. The molecule has 0 fully saturated rings. The molecular weight excluding hydrogens is 312 g/mol. The first kappa shape index (κ1) is 15.4. The van der Waals surface area contributed by atoms with E-state index < -0.39 is 11.7 Å². The number of carbonyl (C=O) groups is 1. The van der Waals surface area contributed by atoms with Crippen molar-refractivity contribution in [2.24, 2.45) is 0 Å². The molecule has 0 saturated heterocycles. The molecule has 0 aliphatic rings. The van der Waals surface area contributed by atoms with Crippen LogP contribution in [0.15, 0.2) is 36.7 Å². The van der Waals surface area contributed by atoms with Gasteiger partial charge in [-0.3, -0.25) is 10.3 Å². The number of anilines is 1. The highest BCUT2D eigenvalue weighted by Crippen LogP contribution is 2.27. The van der Waals surface area contributed by atoms with Gasteiger partial charge in [0, 0.05) is 18.0 Å². The van der Waals surface area contributed by atoms with Crippen molar-refractivity contribution >= 4 is 32.9 Å². The zero-order chi connectivity index (χ0) is 16.4. The smallest absolute Gasteiger partial charge is 0.413 e. The van der Waals surface area contributed by atoms with Crippen molar-refractivity contribution in [2.45, 2.75) is 26.4 Å². The van der Waals surface area contributed by atoms with Crippen LogP contribution in [0.1, 0.15) is 20.8 Å². The Morgan fingerprint density at radius 2 is 1.87 bits per heavy atom. The summed E-state index contributed by atoms with van der Waals surface area (Å²) in [5.74, 6) is 0. The van der Waals surface area contributed by atoms with Crippen molar-refractivity contribution in [1.29, 1.82) is 0 Å². The summed E-state index contributed by atoms with van der Waals surface area (Å²) in [7, 11) is 0. The maximum Gasteiger partial charge on any atom is 0.413 e. The van der Waals surface area contributed by atoms with E-state index in [2.05, 4.69) is 20.3 Å². The first-order valence-corrected chi connectivity index (χ1v) is 7.90. The summed E-state index contributed by atoms with van der Waals surface area (Å²) < 4.78 is 5.22. The molecule has 23 heavy (non-hydrogen) atoms. The van der Waals surface area contributed by atoms with Gasteiger partial charge in [0.2, 0.25) is 0 Å². The third-order valence-corrected chi connectivity index (χ3v) is 3.72. The average molecular weight is 328 g/mol. The van der Waals surface area contributed by atoms with Crippen molar-refractivity contribution in [3.63, 3.8) is 0 Å². The fourth-order valence-corrected chi connectivity index (χ4v) is 2.77. The summed E-state index contributed by atoms with van der Waals surface area (Å²) in [6, 6.07) is 7.58. The Hall–Kier alpha value is -2.54. The van der Waals surface area contributed by atoms with Crippen molar-refractivity contribution in [2.75, 3.05) is 5.32 Å². The molecular formula is C16H16N4O2S. The van der Waals surface area contributed by atoms with E-state index in [4.69, 9.17) is 4.74 Å². The van der Waals surface area contributed by atoms with Gasteiger partial charge in [0.25, 0.3) is 0 Å². The second-order valence-corrected chi connectivity index (χ2v) is 6.88. The summed E-state index contributed by atoms with van der Waals surface area (Å²) in [4.78, 5) is 25.5. The third kappa shape index (κ3) is 3.81. The number of nitrogens with one attached hydrogen (secondary N) is 1. The van der Waals surface area contributed by atoms with E-state index in [1.807, 2.05) is 45.0 Å². The summed E-state index contributed by atoms with van der Waals surface area (Å²) >= 11 is 1.31. The molecule has 0 unspecified atom stereocenters. The number of hydrogen-bond acceptors (Lipinski definition) is 6. The van der Waals surface area contributed by atoms with Crippen molar-refractivity contribution in [3.8, 4) is 11.3 Å². The predicted octanol–water partition coefficient (Wildman–Crippen LogP) is 4.10. The molecule has 0 bridgehead atoms. The maximum atomic E-state index is 11.8. The molecule has 1 N–H and O–H groups in total. The molecule has 0 aromatic carbocycles. The Kier molecular flexibility index (Phi) is 3.96. The van der Waals surface area contributed by atoms with Crippen LogP contribution in [-0.4, -0.2) is 26.6 Å². The molecule has 0 aliphatic heterocycles. The first-order valence-electron chi connectivity index (χ1n) is 7.09. The highest BCUT2D eigenvalue weighted by atomic mass is 32.1. The summed E-state index contributed by atoms with van der Waals surface area (Å²) in [6.45, 7) is 5.44. The third-order valence-electron chi connectivity index (χ3n) is 2.84. The molecule has 6 nitrogen and oxygen atoms in total. The lowest BCUT2D eigenvalue weighted by Crippen LogP contribution is -2.27. The standard InChI is InChI=1S/C16H16N4O2S/c1-16(2,3)22-15(21)20-14-19-12-5-4-11(18-13(12)23-14)10-6-8-17-9-7-10/h4-9H,1-3H3,(H,19,20,21). The van der Waals surface area contributed by atoms with E-state index in [1.165, 1.54) is 11.3 Å². The van der Waals surface area contributed by atoms with Crippen LogP contribution in [0.5, 0.6) is 0 Å². The zero-order valence-corrected chi connectivity index (χ0v) is 13.8. The van der Waals surface area contributed by atoms with E-state index in [0.717, 1.165) is 21.6 Å². The van der Waals surface area contributed by atoms with E-state index in [0.29, 0.717) is 5.13 Å². The maximum absolute atomic E-state index is 11.8. The number of thiazole rings is 1.